The molecule has 0 bridgehead atoms. The smallest absolute Gasteiger partial charge is 0.260 e. The molecule has 2 amide bonds. The fourth-order valence-electron chi connectivity index (χ4n) is 3.04. The van der Waals surface area contributed by atoms with Gasteiger partial charge < -0.3 is 15.0 Å². The van der Waals surface area contributed by atoms with Crippen LogP contribution in [0.15, 0.2) is 42.5 Å². The van der Waals surface area contributed by atoms with Crippen LogP contribution in [0.2, 0.25) is 5.02 Å². The van der Waals surface area contributed by atoms with Gasteiger partial charge in [-0.05, 0) is 48.9 Å². The van der Waals surface area contributed by atoms with E-state index >= 15 is 0 Å². The maximum absolute atomic E-state index is 12.9. The summed E-state index contributed by atoms with van der Waals surface area (Å²) in [6, 6.07) is 10.9. The van der Waals surface area contributed by atoms with Gasteiger partial charge in [-0.25, -0.2) is 4.39 Å². The molecular formula is C21H23ClFN3O3. The van der Waals surface area contributed by atoms with Gasteiger partial charge in [0.1, 0.15) is 11.6 Å². The van der Waals surface area contributed by atoms with Gasteiger partial charge in [-0.15, -0.1) is 0 Å². The Labute approximate surface area is 174 Å². The summed E-state index contributed by atoms with van der Waals surface area (Å²) in [4.78, 5) is 28.3. The minimum Gasteiger partial charge on any atom is -0.484 e. The first-order chi connectivity index (χ1) is 13.9. The molecule has 0 aliphatic carbocycles. The third-order valence-electron chi connectivity index (χ3n) is 4.74. The van der Waals surface area contributed by atoms with Crippen LogP contribution in [-0.2, 0) is 9.59 Å². The zero-order valence-electron chi connectivity index (χ0n) is 16.2. The molecule has 154 valence electrons. The molecule has 29 heavy (non-hydrogen) atoms. The molecule has 1 heterocycles. The number of nitrogens with zero attached hydrogens (tertiary/aromatic N) is 2. The lowest BCUT2D eigenvalue weighted by Crippen LogP contribution is -2.51. The highest BCUT2D eigenvalue weighted by molar-refractivity contribution is 6.31. The second-order valence-corrected chi connectivity index (χ2v) is 7.34. The number of hydrogen-bond donors (Lipinski definition) is 1. The molecule has 0 unspecified atom stereocenters. The fraction of sp³-hybridized carbons (Fsp3) is 0.333. The van der Waals surface area contributed by atoms with E-state index < -0.39 is 0 Å². The average Bonchev–Trinajstić information content (AvgIpc) is 2.70. The van der Waals surface area contributed by atoms with Crippen LogP contribution in [0.4, 0.5) is 10.1 Å². The van der Waals surface area contributed by atoms with Crippen molar-refractivity contribution in [3.8, 4) is 5.75 Å². The summed E-state index contributed by atoms with van der Waals surface area (Å²) in [6.07, 6.45) is 0. The average molecular weight is 420 g/mol. The standard InChI is InChI=1S/C21H23ClFN3O3/c1-15-2-3-16(22)12-19(15)24-20(27)13-25-8-10-26(11-9-25)21(28)14-29-18-6-4-17(23)5-7-18/h2-7,12H,8-11,13-14H2,1H3,(H,24,27). The van der Waals surface area contributed by atoms with Crippen LogP contribution >= 0.6 is 11.6 Å². The van der Waals surface area contributed by atoms with Crippen molar-refractivity contribution < 1.29 is 18.7 Å². The van der Waals surface area contributed by atoms with Gasteiger partial charge in [0, 0.05) is 36.9 Å². The number of ether oxygens (including phenoxy) is 1. The molecular weight excluding hydrogens is 397 g/mol. The summed E-state index contributed by atoms with van der Waals surface area (Å²) in [5.74, 6) is -0.150. The molecule has 3 rings (SSSR count). The Kier molecular flexibility index (Phi) is 7.06. The first kappa shape index (κ1) is 21.1. The quantitative estimate of drug-likeness (QED) is 0.782. The first-order valence-corrected chi connectivity index (χ1v) is 9.73. The van der Waals surface area contributed by atoms with E-state index in [0.717, 1.165) is 5.56 Å². The Morgan fingerprint density at radius 1 is 1.10 bits per heavy atom. The van der Waals surface area contributed by atoms with E-state index in [4.69, 9.17) is 16.3 Å². The van der Waals surface area contributed by atoms with Gasteiger partial charge in [-0.1, -0.05) is 17.7 Å². The fourth-order valence-corrected chi connectivity index (χ4v) is 3.22. The van der Waals surface area contributed by atoms with E-state index in [0.29, 0.717) is 42.6 Å². The molecule has 8 heteroatoms. The lowest BCUT2D eigenvalue weighted by atomic mass is 10.2. The molecule has 0 atom stereocenters. The van der Waals surface area contributed by atoms with Crippen molar-refractivity contribution in [2.24, 2.45) is 0 Å². The van der Waals surface area contributed by atoms with Crippen molar-refractivity contribution >= 4 is 29.1 Å². The Hall–Kier alpha value is -2.64. The van der Waals surface area contributed by atoms with Gasteiger partial charge in [-0.3, -0.25) is 14.5 Å². The van der Waals surface area contributed by atoms with Gasteiger partial charge in [0.25, 0.3) is 5.91 Å². The zero-order valence-corrected chi connectivity index (χ0v) is 16.9. The van der Waals surface area contributed by atoms with Crippen molar-refractivity contribution in [3.05, 3.63) is 58.9 Å². The molecule has 0 aromatic heterocycles. The number of carbonyl (C=O) groups excluding carboxylic acids is 2. The van der Waals surface area contributed by atoms with Gasteiger partial charge in [-0.2, -0.15) is 0 Å². The molecule has 0 radical (unpaired) electrons. The predicted octanol–water partition coefficient (Wildman–Crippen LogP) is 2.95. The van der Waals surface area contributed by atoms with Crippen LogP contribution in [0.3, 0.4) is 0 Å². The molecule has 1 aliphatic heterocycles. The highest BCUT2D eigenvalue weighted by Gasteiger charge is 2.23. The second kappa shape index (κ2) is 9.71. The zero-order chi connectivity index (χ0) is 20.8. The number of nitrogens with one attached hydrogen (secondary N) is 1. The van der Waals surface area contributed by atoms with Crippen LogP contribution in [0.5, 0.6) is 5.75 Å². The SMILES string of the molecule is Cc1ccc(Cl)cc1NC(=O)CN1CCN(C(=O)COc2ccc(F)cc2)CC1. The number of carbonyl (C=O) groups is 2. The normalized spacial score (nSPS) is 14.5. The number of aryl methyl sites for hydroxylation is 1. The molecule has 1 N–H and O–H groups in total. The van der Waals surface area contributed by atoms with E-state index in [1.54, 1.807) is 17.0 Å². The van der Waals surface area contributed by atoms with E-state index in [2.05, 4.69) is 5.32 Å². The van der Waals surface area contributed by atoms with Crippen molar-refractivity contribution in [2.75, 3.05) is 44.6 Å². The molecule has 6 nitrogen and oxygen atoms in total. The second-order valence-electron chi connectivity index (χ2n) is 6.91. The summed E-state index contributed by atoms with van der Waals surface area (Å²) in [5.41, 5.74) is 1.65. The monoisotopic (exact) mass is 419 g/mol. The number of piperazine rings is 1. The summed E-state index contributed by atoms with van der Waals surface area (Å²) < 4.78 is 18.3. The van der Waals surface area contributed by atoms with Crippen LogP contribution in [-0.4, -0.2) is 60.9 Å². The highest BCUT2D eigenvalue weighted by atomic mass is 35.5. The van der Waals surface area contributed by atoms with Crippen molar-refractivity contribution in [1.82, 2.24) is 9.80 Å². The van der Waals surface area contributed by atoms with Gasteiger partial charge in [0.15, 0.2) is 6.61 Å². The number of benzene rings is 2. The van der Waals surface area contributed by atoms with Gasteiger partial charge in [0.05, 0.1) is 6.54 Å². The Bertz CT molecular complexity index is 868. The lowest BCUT2D eigenvalue weighted by molar-refractivity contribution is -0.135. The molecule has 2 aromatic rings. The number of hydrogen-bond acceptors (Lipinski definition) is 4. The summed E-state index contributed by atoms with van der Waals surface area (Å²) in [5, 5.41) is 3.45. The van der Waals surface area contributed by atoms with Crippen molar-refractivity contribution in [1.29, 1.82) is 0 Å². The Balaban J connectivity index is 1.41. The molecule has 1 aliphatic rings. The van der Waals surface area contributed by atoms with Crippen LogP contribution < -0.4 is 10.1 Å². The number of amides is 2. The summed E-state index contributed by atoms with van der Waals surface area (Å²) >= 11 is 5.98. The molecule has 2 aromatic carbocycles. The van der Waals surface area contributed by atoms with Crippen LogP contribution in [0.25, 0.3) is 0 Å². The number of anilines is 1. The summed E-state index contributed by atoms with van der Waals surface area (Å²) in [7, 11) is 0. The maximum Gasteiger partial charge on any atom is 0.260 e. The molecule has 0 spiro atoms. The lowest BCUT2D eigenvalue weighted by Gasteiger charge is -2.34. The number of halogens is 2. The van der Waals surface area contributed by atoms with Crippen LogP contribution in [0, 0.1) is 12.7 Å². The van der Waals surface area contributed by atoms with Gasteiger partial charge in [0.2, 0.25) is 5.91 Å². The third-order valence-corrected chi connectivity index (χ3v) is 4.98. The maximum atomic E-state index is 12.9. The Morgan fingerprint density at radius 2 is 1.79 bits per heavy atom. The predicted molar refractivity (Wildman–Crippen MR) is 110 cm³/mol. The van der Waals surface area contributed by atoms with Crippen molar-refractivity contribution in [2.45, 2.75) is 6.92 Å². The molecule has 0 saturated carbocycles. The van der Waals surface area contributed by atoms with Crippen molar-refractivity contribution in [3.63, 3.8) is 0 Å². The highest BCUT2D eigenvalue weighted by Crippen LogP contribution is 2.20. The minimum atomic E-state index is -0.352. The van der Waals surface area contributed by atoms with E-state index in [-0.39, 0.29) is 30.8 Å². The Morgan fingerprint density at radius 3 is 2.48 bits per heavy atom. The topological polar surface area (TPSA) is 61.9 Å². The third kappa shape index (κ3) is 6.17. The number of rotatable bonds is 6. The van der Waals surface area contributed by atoms with E-state index in [1.165, 1.54) is 24.3 Å². The van der Waals surface area contributed by atoms with E-state index in [1.807, 2.05) is 17.9 Å². The van der Waals surface area contributed by atoms with Gasteiger partial charge >= 0.3 is 0 Å². The summed E-state index contributed by atoms with van der Waals surface area (Å²) in [6.45, 7) is 4.31. The first-order valence-electron chi connectivity index (χ1n) is 9.35. The van der Waals surface area contributed by atoms with Crippen LogP contribution in [0.1, 0.15) is 5.56 Å². The minimum absolute atomic E-state index is 0.0971. The van der Waals surface area contributed by atoms with E-state index in [9.17, 15) is 14.0 Å². The largest absolute Gasteiger partial charge is 0.484 e. The molecule has 1 saturated heterocycles. The molecule has 1 fully saturated rings.